The smallest absolute Gasteiger partial charge is 0.228 e. The highest BCUT2D eigenvalue weighted by Gasteiger charge is 2.59. The minimum Gasteiger partial charge on any atom is -0.459 e. The van der Waals surface area contributed by atoms with Crippen molar-refractivity contribution in [2.24, 2.45) is 10.9 Å². The van der Waals surface area contributed by atoms with Crippen LogP contribution in [0.3, 0.4) is 0 Å². The molecule has 0 bridgehead atoms. The molecule has 2 heterocycles. The molecule has 0 aliphatic carbocycles. The highest BCUT2D eigenvalue weighted by molar-refractivity contribution is 6.05. The van der Waals surface area contributed by atoms with Gasteiger partial charge in [-0.15, -0.1) is 0 Å². The standard InChI is InChI=1S/C37H43N3O/c1-7-21-39(22-8-2)28-19-17-27(18-20-28)31-23-33-35(30-14-10-9-13-29(30)31)41-37(25-38-33)36(5,6)32-15-11-12-16-34(32)40(37)24-26(3)4/h9-20,23,25-26H,7-8,21-22,24H2,1-6H3. The first-order valence-corrected chi connectivity index (χ1v) is 15.3. The molecule has 2 aliphatic heterocycles. The summed E-state index contributed by atoms with van der Waals surface area (Å²) in [5, 5.41) is 2.30. The first-order chi connectivity index (χ1) is 19.8. The molecule has 0 saturated carbocycles. The predicted molar refractivity (Wildman–Crippen MR) is 175 cm³/mol. The molecule has 2 aliphatic rings. The van der Waals surface area contributed by atoms with Gasteiger partial charge in [-0.05, 0) is 78.9 Å². The summed E-state index contributed by atoms with van der Waals surface area (Å²) in [6, 6.07) is 28.7. The molecule has 0 radical (unpaired) electrons. The van der Waals surface area contributed by atoms with Gasteiger partial charge in [0.2, 0.25) is 5.72 Å². The van der Waals surface area contributed by atoms with Gasteiger partial charge >= 0.3 is 0 Å². The maximum atomic E-state index is 7.27. The summed E-state index contributed by atoms with van der Waals surface area (Å²) in [6.07, 6.45) is 4.37. The molecule has 0 N–H and O–H groups in total. The van der Waals surface area contributed by atoms with E-state index in [1.165, 1.54) is 33.5 Å². The zero-order valence-corrected chi connectivity index (χ0v) is 25.4. The first-order valence-electron chi connectivity index (χ1n) is 15.3. The van der Waals surface area contributed by atoms with Gasteiger partial charge < -0.3 is 14.5 Å². The van der Waals surface area contributed by atoms with Gasteiger partial charge in [0, 0.05) is 36.4 Å². The largest absolute Gasteiger partial charge is 0.459 e. The topological polar surface area (TPSA) is 28.1 Å². The van der Waals surface area contributed by atoms with E-state index in [-0.39, 0.29) is 5.41 Å². The Hall–Kier alpha value is -3.79. The molecule has 0 amide bonds. The van der Waals surface area contributed by atoms with Gasteiger partial charge in [0.15, 0.2) is 5.75 Å². The zero-order chi connectivity index (χ0) is 28.8. The SMILES string of the molecule is CCCN(CCC)c1ccc(-c2cc3c(c4ccccc24)OC2(C=N3)N(CC(C)C)c3ccccc3C2(C)C)cc1. The van der Waals surface area contributed by atoms with E-state index in [1.807, 2.05) is 0 Å². The number of benzene rings is 4. The van der Waals surface area contributed by atoms with Crippen molar-refractivity contribution in [1.29, 1.82) is 0 Å². The number of hydrogen-bond donors (Lipinski definition) is 0. The summed E-state index contributed by atoms with van der Waals surface area (Å²) in [4.78, 5) is 10.1. The van der Waals surface area contributed by atoms with Crippen LogP contribution in [0.2, 0.25) is 0 Å². The fourth-order valence-electron chi connectivity index (χ4n) is 6.84. The highest BCUT2D eigenvalue weighted by atomic mass is 16.5. The van der Waals surface area contributed by atoms with Crippen molar-refractivity contribution >= 4 is 34.0 Å². The third-order valence-electron chi connectivity index (χ3n) is 8.85. The van der Waals surface area contributed by atoms with Crippen LogP contribution in [-0.4, -0.2) is 31.6 Å². The van der Waals surface area contributed by atoms with Crippen LogP contribution in [0.15, 0.2) is 83.9 Å². The van der Waals surface area contributed by atoms with Gasteiger partial charge in [-0.25, -0.2) is 0 Å². The molecule has 4 nitrogen and oxygen atoms in total. The van der Waals surface area contributed by atoms with E-state index < -0.39 is 5.72 Å². The van der Waals surface area contributed by atoms with Crippen molar-refractivity contribution in [2.75, 3.05) is 29.4 Å². The minimum absolute atomic E-state index is 0.294. The van der Waals surface area contributed by atoms with Gasteiger partial charge in [-0.1, -0.05) is 82.3 Å². The molecule has 1 atom stereocenters. The van der Waals surface area contributed by atoms with E-state index in [4.69, 9.17) is 9.73 Å². The Bertz CT molecular complexity index is 1580. The number of ether oxygens (including phenoxy) is 1. The van der Waals surface area contributed by atoms with Crippen LogP contribution in [0.5, 0.6) is 5.75 Å². The molecule has 212 valence electrons. The fourth-order valence-corrected chi connectivity index (χ4v) is 6.84. The van der Waals surface area contributed by atoms with Crippen LogP contribution in [0.4, 0.5) is 17.1 Å². The number of nitrogens with zero attached hydrogens (tertiary/aromatic N) is 3. The van der Waals surface area contributed by atoms with Crippen LogP contribution in [0, 0.1) is 5.92 Å². The van der Waals surface area contributed by atoms with Gasteiger partial charge in [0.25, 0.3) is 0 Å². The van der Waals surface area contributed by atoms with Crippen LogP contribution in [0.1, 0.15) is 59.9 Å². The molecule has 4 aromatic carbocycles. The molecule has 0 fully saturated rings. The lowest BCUT2D eigenvalue weighted by molar-refractivity contribution is 0.0772. The van der Waals surface area contributed by atoms with Gasteiger partial charge in [-0.2, -0.15) is 0 Å². The molecule has 41 heavy (non-hydrogen) atoms. The van der Waals surface area contributed by atoms with Crippen molar-refractivity contribution in [3.8, 4) is 16.9 Å². The maximum absolute atomic E-state index is 7.27. The van der Waals surface area contributed by atoms with Crippen molar-refractivity contribution < 1.29 is 4.74 Å². The first kappa shape index (κ1) is 27.4. The normalized spacial score (nSPS) is 18.6. The van der Waals surface area contributed by atoms with Crippen molar-refractivity contribution in [1.82, 2.24) is 0 Å². The number of para-hydroxylation sites is 1. The summed E-state index contributed by atoms with van der Waals surface area (Å²) in [6.45, 7) is 16.7. The van der Waals surface area contributed by atoms with Gasteiger partial charge in [0.1, 0.15) is 5.69 Å². The molecular formula is C37H43N3O. The van der Waals surface area contributed by atoms with E-state index in [1.54, 1.807) is 0 Å². The molecule has 6 rings (SSSR count). The van der Waals surface area contributed by atoms with E-state index in [0.29, 0.717) is 5.92 Å². The average Bonchev–Trinajstić information content (AvgIpc) is 3.15. The van der Waals surface area contributed by atoms with Gasteiger partial charge in [-0.3, -0.25) is 4.99 Å². The second kappa shape index (κ2) is 10.6. The van der Waals surface area contributed by atoms with Crippen LogP contribution in [0.25, 0.3) is 21.9 Å². The minimum atomic E-state index is -0.706. The Labute approximate surface area is 245 Å². The average molecular weight is 546 g/mol. The molecule has 4 heteroatoms. The summed E-state index contributed by atoms with van der Waals surface area (Å²) < 4.78 is 7.27. The van der Waals surface area contributed by atoms with Crippen molar-refractivity contribution in [3.05, 3.63) is 84.4 Å². The van der Waals surface area contributed by atoms with Crippen LogP contribution < -0.4 is 14.5 Å². The van der Waals surface area contributed by atoms with E-state index in [2.05, 4.69) is 136 Å². The Balaban J connectivity index is 1.46. The zero-order valence-electron chi connectivity index (χ0n) is 25.4. The fraction of sp³-hybridized carbons (Fsp3) is 0.378. The summed E-state index contributed by atoms with van der Waals surface area (Å²) in [5.74, 6) is 1.34. The lowest BCUT2D eigenvalue weighted by atomic mass is 9.77. The lowest BCUT2D eigenvalue weighted by Crippen LogP contribution is -2.62. The van der Waals surface area contributed by atoms with Gasteiger partial charge in [0.05, 0.1) is 11.6 Å². The lowest BCUT2D eigenvalue weighted by Gasteiger charge is -2.47. The van der Waals surface area contributed by atoms with E-state index in [9.17, 15) is 0 Å². The van der Waals surface area contributed by atoms with E-state index in [0.717, 1.165) is 49.3 Å². The molecule has 1 unspecified atom stereocenters. The molecule has 1 spiro atoms. The summed E-state index contributed by atoms with van der Waals surface area (Å²) in [5.41, 5.74) is 6.11. The Morgan fingerprint density at radius 2 is 1.51 bits per heavy atom. The monoisotopic (exact) mass is 545 g/mol. The van der Waals surface area contributed by atoms with E-state index >= 15 is 0 Å². The number of fused-ring (bicyclic) bond motifs is 4. The number of anilines is 2. The van der Waals surface area contributed by atoms with Crippen molar-refractivity contribution in [3.63, 3.8) is 0 Å². The molecule has 4 aromatic rings. The number of rotatable bonds is 8. The second-order valence-corrected chi connectivity index (χ2v) is 12.6. The Morgan fingerprint density at radius 1 is 0.854 bits per heavy atom. The molecule has 0 saturated heterocycles. The summed E-state index contributed by atoms with van der Waals surface area (Å²) >= 11 is 0. The summed E-state index contributed by atoms with van der Waals surface area (Å²) in [7, 11) is 0. The van der Waals surface area contributed by atoms with Crippen LogP contribution >= 0.6 is 0 Å². The third kappa shape index (κ3) is 4.39. The quantitative estimate of drug-likeness (QED) is 0.221. The maximum Gasteiger partial charge on any atom is 0.228 e. The molecular weight excluding hydrogens is 502 g/mol. The number of hydrogen-bond acceptors (Lipinski definition) is 4. The Kier molecular flexibility index (Phi) is 7.05. The van der Waals surface area contributed by atoms with Crippen LogP contribution in [-0.2, 0) is 5.41 Å². The molecule has 0 aromatic heterocycles. The second-order valence-electron chi connectivity index (χ2n) is 12.6. The Morgan fingerprint density at radius 3 is 2.20 bits per heavy atom. The highest BCUT2D eigenvalue weighted by Crippen LogP contribution is 2.56. The van der Waals surface area contributed by atoms with Crippen molar-refractivity contribution in [2.45, 2.75) is 65.5 Å². The third-order valence-corrected chi connectivity index (χ3v) is 8.85. The predicted octanol–water partition coefficient (Wildman–Crippen LogP) is 9.38. The number of aliphatic imine (C=N–C) groups is 1.